The summed E-state index contributed by atoms with van der Waals surface area (Å²) in [5.74, 6) is 0.294. The fraction of sp³-hybridized carbons (Fsp3) is 0.444. The van der Waals surface area contributed by atoms with Crippen LogP contribution in [0.3, 0.4) is 0 Å². The number of alkyl halides is 1. The Labute approximate surface area is 82.7 Å². The van der Waals surface area contributed by atoms with Crippen molar-refractivity contribution in [1.29, 1.82) is 0 Å². The molecule has 1 rings (SSSR count). The highest BCUT2D eigenvalue weighted by Gasteiger charge is 2.04. The van der Waals surface area contributed by atoms with Gasteiger partial charge in [-0.1, -0.05) is 0 Å². The van der Waals surface area contributed by atoms with Gasteiger partial charge in [0.05, 0.1) is 0 Å². The van der Waals surface area contributed by atoms with Crippen LogP contribution >= 0.6 is 11.6 Å². The van der Waals surface area contributed by atoms with Gasteiger partial charge in [-0.05, 0) is 26.0 Å². The van der Waals surface area contributed by atoms with Crippen molar-refractivity contribution >= 4 is 17.5 Å². The lowest BCUT2D eigenvalue weighted by Gasteiger charge is -2.09. The van der Waals surface area contributed by atoms with E-state index in [1.807, 2.05) is 26.0 Å². The largest absolute Gasteiger partial charge is 0.273 e. The number of aryl methyl sites for hydroxylation is 2. The maximum absolute atomic E-state index is 11.2. The number of nitrogens with one attached hydrogen (secondary N) is 1. The van der Waals surface area contributed by atoms with E-state index in [9.17, 15) is 4.79 Å². The number of hydrogen-bond acceptors (Lipinski definition) is 1. The summed E-state index contributed by atoms with van der Waals surface area (Å²) in [5, 5.41) is 0. The van der Waals surface area contributed by atoms with Crippen LogP contribution in [0, 0.1) is 13.8 Å². The second kappa shape index (κ2) is 4.33. The summed E-state index contributed by atoms with van der Waals surface area (Å²) in [6, 6.07) is 3.91. The first-order valence-electron chi connectivity index (χ1n) is 4.16. The van der Waals surface area contributed by atoms with Crippen molar-refractivity contribution in [3.63, 3.8) is 0 Å². The number of carbonyl (C=O) groups excluding carboxylic acids is 1. The Morgan fingerprint density at radius 1 is 1.46 bits per heavy atom. The molecular formula is C9H13ClN2O. The summed E-state index contributed by atoms with van der Waals surface area (Å²) in [4.78, 5) is 11.2. The van der Waals surface area contributed by atoms with Gasteiger partial charge in [0, 0.05) is 23.7 Å². The predicted octanol–water partition coefficient (Wildman–Crippen LogP) is 1.80. The molecule has 1 heterocycles. The number of halogens is 1. The van der Waals surface area contributed by atoms with Gasteiger partial charge in [-0.2, -0.15) is 0 Å². The van der Waals surface area contributed by atoms with E-state index in [4.69, 9.17) is 11.6 Å². The molecule has 72 valence electrons. The molecular weight excluding hydrogens is 188 g/mol. The Morgan fingerprint density at radius 2 is 2.00 bits per heavy atom. The van der Waals surface area contributed by atoms with Crippen LogP contribution in [-0.2, 0) is 4.79 Å². The smallest absolute Gasteiger partial charge is 0.239 e. The fourth-order valence-corrected chi connectivity index (χ4v) is 1.28. The van der Waals surface area contributed by atoms with Crippen molar-refractivity contribution in [3.05, 3.63) is 23.5 Å². The molecule has 4 heteroatoms. The molecule has 0 spiro atoms. The third kappa shape index (κ3) is 2.49. The molecule has 0 fully saturated rings. The first kappa shape index (κ1) is 10.1. The molecule has 1 aromatic rings. The number of amides is 1. The highest BCUT2D eigenvalue weighted by Crippen LogP contribution is 2.04. The second-order valence-corrected chi connectivity index (χ2v) is 3.30. The minimum atomic E-state index is -0.0580. The summed E-state index contributed by atoms with van der Waals surface area (Å²) < 4.78 is 1.76. The molecule has 1 N–H and O–H groups in total. The number of carbonyl (C=O) groups is 1. The van der Waals surface area contributed by atoms with Gasteiger partial charge < -0.3 is 0 Å². The van der Waals surface area contributed by atoms with E-state index in [0.717, 1.165) is 11.4 Å². The van der Waals surface area contributed by atoms with Gasteiger partial charge in [0.1, 0.15) is 0 Å². The van der Waals surface area contributed by atoms with Crippen molar-refractivity contribution in [2.45, 2.75) is 20.3 Å². The van der Waals surface area contributed by atoms with Crippen LogP contribution in [-0.4, -0.2) is 16.5 Å². The number of aromatic nitrogens is 1. The second-order valence-electron chi connectivity index (χ2n) is 2.93. The number of hydrogen-bond donors (Lipinski definition) is 1. The zero-order valence-corrected chi connectivity index (χ0v) is 8.56. The number of rotatable bonds is 3. The van der Waals surface area contributed by atoms with Gasteiger partial charge >= 0.3 is 0 Å². The van der Waals surface area contributed by atoms with Crippen molar-refractivity contribution in [1.82, 2.24) is 4.68 Å². The highest BCUT2D eigenvalue weighted by molar-refractivity contribution is 6.19. The van der Waals surface area contributed by atoms with Crippen LogP contribution in [0.15, 0.2) is 12.1 Å². The van der Waals surface area contributed by atoms with Gasteiger partial charge in [0.15, 0.2) is 0 Å². The minimum Gasteiger partial charge on any atom is -0.273 e. The maximum atomic E-state index is 11.2. The molecule has 0 aromatic carbocycles. The summed E-state index contributed by atoms with van der Waals surface area (Å²) in [7, 11) is 0. The zero-order chi connectivity index (χ0) is 9.84. The van der Waals surface area contributed by atoms with E-state index in [1.54, 1.807) is 4.68 Å². The van der Waals surface area contributed by atoms with Crippen LogP contribution in [0.25, 0.3) is 0 Å². The summed E-state index contributed by atoms with van der Waals surface area (Å²) in [5.41, 5.74) is 4.78. The molecule has 0 unspecified atom stereocenters. The Morgan fingerprint density at radius 3 is 2.46 bits per heavy atom. The van der Waals surface area contributed by atoms with Gasteiger partial charge in [-0.25, -0.2) is 0 Å². The molecule has 13 heavy (non-hydrogen) atoms. The van der Waals surface area contributed by atoms with Crippen LogP contribution < -0.4 is 5.43 Å². The van der Waals surface area contributed by atoms with E-state index in [2.05, 4.69) is 5.43 Å². The Kier molecular flexibility index (Phi) is 3.37. The molecule has 0 radical (unpaired) electrons. The monoisotopic (exact) mass is 200 g/mol. The molecule has 1 amide bonds. The SMILES string of the molecule is Cc1ccc(C)n1NC(=O)CCCl. The van der Waals surface area contributed by atoms with Gasteiger partial charge in [0.25, 0.3) is 0 Å². The third-order valence-electron chi connectivity index (χ3n) is 1.83. The lowest BCUT2D eigenvalue weighted by Crippen LogP contribution is -2.24. The van der Waals surface area contributed by atoms with Crippen molar-refractivity contribution < 1.29 is 4.79 Å². The number of nitrogens with zero attached hydrogens (tertiary/aromatic N) is 1. The van der Waals surface area contributed by atoms with E-state index in [-0.39, 0.29) is 5.91 Å². The Hall–Kier alpha value is -0.960. The molecule has 1 aromatic heterocycles. The maximum Gasteiger partial charge on any atom is 0.239 e. The summed E-state index contributed by atoms with van der Waals surface area (Å²) in [6.45, 7) is 3.88. The van der Waals surface area contributed by atoms with Crippen LogP contribution in [0.1, 0.15) is 17.8 Å². The lowest BCUT2D eigenvalue weighted by molar-refractivity contribution is -0.116. The van der Waals surface area contributed by atoms with Gasteiger partial charge in [-0.3, -0.25) is 14.9 Å². The summed E-state index contributed by atoms with van der Waals surface area (Å²) >= 11 is 5.45. The van der Waals surface area contributed by atoms with E-state index in [0.29, 0.717) is 12.3 Å². The van der Waals surface area contributed by atoms with Crippen LogP contribution in [0.2, 0.25) is 0 Å². The van der Waals surface area contributed by atoms with E-state index in [1.165, 1.54) is 0 Å². The average molecular weight is 201 g/mol. The molecule has 0 saturated carbocycles. The first-order valence-corrected chi connectivity index (χ1v) is 4.69. The highest BCUT2D eigenvalue weighted by atomic mass is 35.5. The molecule has 0 aliphatic rings. The lowest BCUT2D eigenvalue weighted by atomic mass is 10.5. The van der Waals surface area contributed by atoms with Gasteiger partial charge in [-0.15, -0.1) is 11.6 Å². The minimum absolute atomic E-state index is 0.0580. The molecule has 0 aliphatic heterocycles. The Balaban J connectivity index is 2.68. The van der Waals surface area contributed by atoms with Crippen LogP contribution in [0.5, 0.6) is 0 Å². The topological polar surface area (TPSA) is 34.0 Å². The molecule has 0 saturated heterocycles. The normalized spacial score (nSPS) is 10.1. The molecule has 0 aliphatic carbocycles. The molecule has 0 atom stereocenters. The fourth-order valence-electron chi connectivity index (χ4n) is 1.11. The van der Waals surface area contributed by atoms with E-state index >= 15 is 0 Å². The zero-order valence-electron chi connectivity index (χ0n) is 7.80. The quantitative estimate of drug-likeness (QED) is 0.742. The van der Waals surface area contributed by atoms with Crippen LogP contribution in [0.4, 0.5) is 0 Å². The van der Waals surface area contributed by atoms with Crippen molar-refractivity contribution in [3.8, 4) is 0 Å². The first-order chi connectivity index (χ1) is 6.15. The predicted molar refractivity (Wildman–Crippen MR) is 53.6 cm³/mol. The molecule has 3 nitrogen and oxygen atoms in total. The van der Waals surface area contributed by atoms with Crippen molar-refractivity contribution in [2.24, 2.45) is 0 Å². The standard InChI is InChI=1S/C9H13ClN2O/c1-7-3-4-8(2)12(7)11-9(13)5-6-10/h3-4H,5-6H2,1-2H3,(H,11,13). The summed E-state index contributed by atoms with van der Waals surface area (Å²) in [6.07, 6.45) is 0.346. The van der Waals surface area contributed by atoms with Crippen molar-refractivity contribution in [2.75, 3.05) is 11.3 Å². The Bertz CT molecular complexity index is 287. The third-order valence-corrected chi connectivity index (χ3v) is 2.02. The van der Waals surface area contributed by atoms with Gasteiger partial charge in [0.2, 0.25) is 5.91 Å². The molecule has 0 bridgehead atoms. The average Bonchev–Trinajstić information content (AvgIpc) is 2.36. The van der Waals surface area contributed by atoms with E-state index < -0.39 is 0 Å².